The fourth-order valence-corrected chi connectivity index (χ4v) is 2.38. The van der Waals surface area contributed by atoms with Crippen molar-refractivity contribution < 1.29 is 0 Å². The fraction of sp³-hybridized carbons (Fsp3) is 0.154. The molecule has 0 amide bonds. The van der Waals surface area contributed by atoms with E-state index in [1.54, 1.807) is 0 Å². The van der Waals surface area contributed by atoms with Crippen molar-refractivity contribution >= 4 is 11.8 Å². The summed E-state index contributed by atoms with van der Waals surface area (Å²) in [6.45, 7) is 0. The maximum atomic E-state index is 11.1. The van der Waals surface area contributed by atoms with E-state index in [9.17, 15) is 4.79 Å². The Morgan fingerprint density at radius 1 is 1.33 bits per heavy atom. The molecule has 1 aromatic heterocycles. The van der Waals surface area contributed by atoms with Gasteiger partial charge in [-0.1, -0.05) is 42.1 Å². The first kappa shape index (κ1) is 12.4. The van der Waals surface area contributed by atoms with Gasteiger partial charge in [0.2, 0.25) is 0 Å². The maximum absolute atomic E-state index is 11.1. The van der Waals surface area contributed by atoms with Gasteiger partial charge in [0.05, 0.1) is 12.0 Å². The topological polar surface area (TPSA) is 69.5 Å². The van der Waals surface area contributed by atoms with Gasteiger partial charge < -0.3 is 4.98 Å². The smallest absolute Gasteiger partial charge is 0.251 e. The lowest BCUT2D eigenvalue weighted by Gasteiger charge is -2.07. The van der Waals surface area contributed by atoms with Gasteiger partial charge in [0, 0.05) is 18.0 Å². The van der Waals surface area contributed by atoms with Crippen LogP contribution in [0.15, 0.2) is 52.5 Å². The predicted octanol–water partition coefficient (Wildman–Crippen LogP) is 2.17. The minimum Gasteiger partial charge on any atom is -0.301 e. The Hall–Kier alpha value is -2.06. The lowest BCUT2D eigenvalue weighted by Crippen LogP contribution is -2.06. The molecule has 1 N–H and O–H groups in total. The van der Waals surface area contributed by atoms with Crippen molar-refractivity contribution in [3.05, 3.63) is 58.5 Å². The Kier molecular flexibility index (Phi) is 4.15. The Balaban J connectivity index is 2.05. The second kappa shape index (κ2) is 6.03. The van der Waals surface area contributed by atoms with Crippen LogP contribution in [0.2, 0.25) is 0 Å². The van der Waals surface area contributed by atoms with Gasteiger partial charge in [-0.25, -0.2) is 4.98 Å². The van der Waals surface area contributed by atoms with Crippen LogP contribution in [0.25, 0.3) is 0 Å². The van der Waals surface area contributed by atoms with Crippen LogP contribution < -0.4 is 5.56 Å². The third kappa shape index (κ3) is 3.22. The Bertz CT molecular complexity index is 603. The normalized spacial score (nSPS) is 11.7. The average Bonchev–Trinajstić information content (AvgIpc) is 2.41. The molecule has 0 aliphatic rings. The number of nitriles is 1. The third-order valence-electron chi connectivity index (χ3n) is 2.39. The average molecular weight is 257 g/mol. The zero-order valence-electron chi connectivity index (χ0n) is 9.54. The summed E-state index contributed by atoms with van der Waals surface area (Å²) in [6, 6.07) is 13.2. The lowest BCUT2D eigenvalue weighted by atomic mass is 10.0. The molecular weight excluding hydrogens is 246 g/mol. The van der Waals surface area contributed by atoms with Gasteiger partial charge in [0.1, 0.15) is 0 Å². The van der Waals surface area contributed by atoms with Gasteiger partial charge >= 0.3 is 0 Å². The highest BCUT2D eigenvalue weighted by atomic mass is 32.2. The first-order valence-electron chi connectivity index (χ1n) is 5.42. The number of nitrogens with one attached hydrogen (secondary N) is 1. The number of rotatable bonds is 4. The van der Waals surface area contributed by atoms with Crippen LogP contribution in [0.4, 0.5) is 0 Å². The van der Waals surface area contributed by atoms with Crippen molar-refractivity contribution in [2.24, 2.45) is 0 Å². The number of aromatic amines is 1. The number of hydrogen-bond acceptors (Lipinski definition) is 4. The van der Waals surface area contributed by atoms with E-state index in [0.29, 0.717) is 10.9 Å². The zero-order chi connectivity index (χ0) is 12.8. The molecule has 5 heteroatoms. The Labute approximate surface area is 109 Å². The molecule has 90 valence electrons. The molecule has 1 atom stereocenters. The van der Waals surface area contributed by atoms with E-state index in [-0.39, 0.29) is 11.5 Å². The van der Waals surface area contributed by atoms with Gasteiger partial charge in [-0.15, -0.1) is 0 Å². The highest BCUT2D eigenvalue weighted by molar-refractivity contribution is 7.99. The van der Waals surface area contributed by atoms with E-state index < -0.39 is 0 Å². The van der Waals surface area contributed by atoms with Crippen LogP contribution in [0.3, 0.4) is 0 Å². The number of aromatic nitrogens is 2. The largest absolute Gasteiger partial charge is 0.301 e. The Morgan fingerprint density at radius 3 is 2.78 bits per heavy atom. The van der Waals surface area contributed by atoms with Gasteiger partial charge in [-0.2, -0.15) is 5.26 Å². The number of hydrogen-bond donors (Lipinski definition) is 1. The molecule has 1 aromatic carbocycles. The SMILES string of the molecule is N#CC(CSc1nccc(=O)[nH]1)c1ccccc1. The molecule has 0 saturated carbocycles. The summed E-state index contributed by atoms with van der Waals surface area (Å²) >= 11 is 1.37. The van der Waals surface area contributed by atoms with Crippen molar-refractivity contribution in [3.8, 4) is 6.07 Å². The minimum absolute atomic E-state index is 0.180. The monoisotopic (exact) mass is 257 g/mol. The molecule has 2 rings (SSSR count). The maximum Gasteiger partial charge on any atom is 0.251 e. The summed E-state index contributed by atoms with van der Waals surface area (Å²) < 4.78 is 0. The van der Waals surface area contributed by atoms with Crippen molar-refractivity contribution in [3.63, 3.8) is 0 Å². The molecule has 0 aliphatic heterocycles. The van der Waals surface area contributed by atoms with Gasteiger partial charge in [-0.3, -0.25) is 4.79 Å². The number of H-pyrrole nitrogens is 1. The number of thioether (sulfide) groups is 1. The van der Waals surface area contributed by atoms with Gasteiger partial charge in [0.15, 0.2) is 5.16 Å². The molecule has 0 bridgehead atoms. The molecule has 0 fully saturated rings. The summed E-state index contributed by atoms with van der Waals surface area (Å²) in [5.74, 6) is 0.356. The molecule has 0 radical (unpaired) electrons. The quantitative estimate of drug-likeness (QED) is 0.673. The molecule has 4 nitrogen and oxygen atoms in total. The third-order valence-corrected chi connectivity index (χ3v) is 3.37. The second-order valence-corrected chi connectivity index (χ2v) is 4.65. The van der Waals surface area contributed by atoms with Crippen molar-refractivity contribution in [1.29, 1.82) is 5.26 Å². The summed E-state index contributed by atoms with van der Waals surface area (Å²) in [7, 11) is 0. The van der Waals surface area contributed by atoms with E-state index >= 15 is 0 Å². The van der Waals surface area contributed by atoms with Crippen LogP contribution in [0.1, 0.15) is 11.5 Å². The number of benzene rings is 1. The van der Waals surface area contributed by atoms with E-state index in [1.165, 1.54) is 24.0 Å². The molecule has 2 aromatic rings. The van der Waals surface area contributed by atoms with Gasteiger partial charge in [-0.05, 0) is 5.56 Å². The fourth-order valence-electron chi connectivity index (χ4n) is 1.48. The molecule has 18 heavy (non-hydrogen) atoms. The van der Waals surface area contributed by atoms with Crippen LogP contribution in [-0.2, 0) is 0 Å². The lowest BCUT2D eigenvalue weighted by molar-refractivity contribution is 0.925. The van der Waals surface area contributed by atoms with Crippen molar-refractivity contribution in [2.45, 2.75) is 11.1 Å². The number of nitrogens with zero attached hydrogens (tertiary/aromatic N) is 2. The van der Waals surface area contributed by atoms with Crippen LogP contribution in [0, 0.1) is 11.3 Å². The van der Waals surface area contributed by atoms with Gasteiger partial charge in [0.25, 0.3) is 5.56 Å². The summed E-state index contributed by atoms with van der Waals surface area (Å²) in [4.78, 5) is 17.8. The van der Waals surface area contributed by atoms with Crippen LogP contribution >= 0.6 is 11.8 Å². The summed E-state index contributed by atoms with van der Waals surface area (Å²) in [6.07, 6.45) is 1.46. The second-order valence-electron chi connectivity index (χ2n) is 3.64. The minimum atomic E-state index is -0.207. The van der Waals surface area contributed by atoms with E-state index in [2.05, 4.69) is 16.0 Å². The van der Waals surface area contributed by atoms with E-state index in [1.807, 2.05) is 30.3 Å². The highest BCUT2D eigenvalue weighted by Gasteiger charge is 2.11. The Morgan fingerprint density at radius 2 is 2.11 bits per heavy atom. The molecule has 1 unspecified atom stereocenters. The zero-order valence-corrected chi connectivity index (χ0v) is 10.4. The first-order valence-corrected chi connectivity index (χ1v) is 6.41. The molecule has 0 spiro atoms. The van der Waals surface area contributed by atoms with E-state index in [0.717, 1.165) is 5.56 Å². The highest BCUT2D eigenvalue weighted by Crippen LogP contribution is 2.22. The molecule has 0 aliphatic carbocycles. The van der Waals surface area contributed by atoms with Crippen LogP contribution in [-0.4, -0.2) is 15.7 Å². The molecule has 0 saturated heterocycles. The summed E-state index contributed by atoms with van der Waals surface area (Å²) in [5, 5.41) is 9.70. The van der Waals surface area contributed by atoms with E-state index in [4.69, 9.17) is 5.26 Å². The molecule has 1 heterocycles. The van der Waals surface area contributed by atoms with Crippen molar-refractivity contribution in [1.82, 2.24) is 9.97 Å². The summed E-state index contributed by atoms with van der Waals surface area (Å²) in [5.41, 5.74) is 0.798. The predicted molar refractivity (Wildman–Crippen MR) is 70.4 cm³/mol. The standard InChI is InChI=1S/C13H11N3OS/c14-8-11(10-4-2-1-3-5-10)9-18-13-15-7-6-12(17)16-13/h1-7,11H,9H2,(H,15,16,17). The van der Waals surface area contributed by atoms with Crippen LogP contribution in [0.5, 0.6) is 0 Å². The van der Waals surface area contributed by atoms with Crippen molar-refractivity contribution in [2.75, 3.05) is 5.75 Å². The first-order chi connectivity index (χ1) is 8.79. The molecular formula is C13H11N3OS.